The normalized spacial score (nSPS) is 12.4. The molecule has 0 fully saturated rings. The van der Waals surface area contributed by atoms with Crippen molar-refractivity contribution in [3.63, 3.8) is 0 Å². The van der Waals surface area contributed by atoms with Gasteiger partial charge in [-0.3, -0.25) is 4.79 Å². The van der Waals surface area contributed by atoms with Gasteiger partial charge in [0.05, 0.1) is 0 Å². The Balaban J connectivity index is 2.36. The number of hydrogen-bond acceptors (Lipinski definition) is 2. The predicted molar refractivity (Wildman–Crippen MR) is 54.9 cm³/mol. The van der Waals surface area contributed by atoms with Crippen LogP contribution in [-0.2, 0) is 4.79 Å². The van der Waals surface area contributed by atoms with Crippen LogP contribution in [0.3, 0.4) is 0 Å². The SMILES string of the molecule is N[C@@H](CCCC(=O)O)c1ccccc1. The molecule has 0 aliphatic carbocycles. The Bertz CT molecular complexity index is 285. The Kier molecular flexibility index (Phi) is 4.13. The largest absolute Gasteiger partial charge is 0.481 e. The van der Waals surface area contributed by atoms with E-state index in [2.05, 4.69) is 0 Å². The van der Waals surface area contributed by atoms with Crippen molar-refractivity contribution in [3.05, 3.63) is 35.9 Å². The maximum Gasteiger partial charge on any atom is 0.303 e. The van der Waals surface area contributed by atoms with E-state index < -0.39 is 5.97 Å². The van der Waals surface area contributed by atoms with E-state index in [9.17, 15) is 4.79 Å². The van der Waals surface area contributed by atoms with Gasteiger partial charge in [-0.25, -0.2) is 0 Å². The average Bonchev–Trinajstić information content (AvgIpc) is 2.18. The fourth-order valence-electron chi connectivity index (χ4n) is 1.34. The molecule has 0 amide bonds. The van der Waals surface area contributed by atoms with E-state index in [0.717, 1.165) is 12.0 Å². The van der Waals surface area contributed by atoms with Gasteiger partial charge < -0.3 is 10.8 Å². The van der Waals surface area contributed by atoms with Crippen molar-refractivity contribution >= 4 is 5.97 Å². The molecular weight excluding hydrogens is 178 g/mol. The van der Waals surface area contributed by atoms with E-state index >= 15 is 0 Å². The topological polar surface area (TPSA) is 63.3 Å². The monoisotopic (exact) mass is 193 g/mol. The van der Waals surface area contributed by atoms with E-state index in [-0.39, 0.29) is 12.5 Å². The van der Waals surface area contributed by atoms with Crippen LogP contribution in [0.2, 0.25) is 0 Å². The summed E-state index contributed by atoms with van der Waals surface area (Å²) in [6.45, 7) is 0. The lowest BCUT2D eigenvalue weighted by Gasteiger charge is -2.10. The lowest BCUT2D eigenvalue weighted by Crippen LogP contribution is -2.10. The van der Waals surface area contributed by atoms with Crippen LogP contribution < -0.4 is 5.73 Å². The summed E-state index contributed by atoms with van der Waals surface area (Å²) in [5.74, 6) is -0.759. The summed E-state index contributed by atoms with van der Waals surface area (Å²) >= 11 is 0. The van der Waals surface area contributed by atoms with Gasteiger partial charge >= 0.3 is 5.97 Å². The van der Waals surface area contributed by atoms with Crippen LogP contribution in [0.5, 0.6) is 0 Å². The standard InChI is InChI=1S/C11H15NO2/c12-10(7-4-8-11(13)14)9-5-2-1-3-6-9/h1-3,5-6,10H,4,7-8,12H2,(H,13,14)/t10-/m0/s1. The maximum absolute atomic E-state index is 10.3. The zero-order chi connectivity index (χ0) is 10.4. The number of carbonyl (C=O) groups is 1. The van der Waals surface area contributed by atoms with Gasteiger partial charge in [0.1, 0.15) is 0 Å². The average molecular weight is 193 g/mol. The van der Waals surface area contributed by atoms with Crippen molar-refractivity contribution in [3.8, 4) is 0 Å². The maximum atomic E-state index is 10.3. The Morgan fingerprint density at radius 2 is 2.00 bits per heavy atom. The third-order valence-corrected chi connectivity index (χ3v) is 2.13. The van der Waals surface area contributed by atoms with Gasteiger partial charge in [0.25, 0.3) is 0 Å². The molecule has 0 saturated heterocycles. The van der Waals surface area contributed by atoms with Crippen LogP contribution in [0.1, 0.15) is 30.9 Å². The number of carboxylic acids is 1. The molecule has 3 heteroatoms. The van der Waals surface area contributed by atoms with Crippen molar-refractivity contribution in [2.45, 2.75) is 25.3 Å². The highest BCUT2D eigenvalue weighted by molar-refractivity contribution is 5.66. The van der Waals surface area contributed by atoms with Gasteiger partial charge in [-0.05, 0) is 18.4 Å². The van der Waals surface area contributed by atoms with Crippen LogP contribution in [0.15, 0.2) is 30.3 Å². The minimum Gasteiger partial charge on any atom is -0.481 e. The Morgan fingerprint density at radius 1 is 1.36 bits per heavy atom. The molecule has 1 aromatic rings. The molecule has 76 valence electrons. The third kappa shape index (κ3) is 3.58. The highest BCUT2D eigenvalue weighted by atomic mass is 16.4. The number of nitrogens with two attached hydrogens (primary N) is 1. The van der Waals surface area contributed by atoms with E-state index in [1.54, 1.807) is 0 Å². The van der Waals surface area contributed by atoms with Gasteiger partial charge in [0.15, 0.2) is 0 Å². The highest BCUT2D eigenvalue weighted by Crippen LogP contribution is 2.15. The molecule has 0 bridgehead atoms. The molecule has 0 heterocycles. The molecule has 0 aromatic heterocycles. The van der Waals surface area contributed by atoms with Gasteiger partial charge in [-0.2, -0.15) is 0 Å². The number of rotatable bonds is 5. The van der Waals surface area contributed by atoms with Gasteiger partial charge in [-0.15, -0.1) is 0 Å². The van der Waals surface area contributed by atoms with Crippen molar-refractivity contribution in [1.29, 1.82) is 0 Å². The van der Waals surface area contributed by atoms with Crippen LogP contribution in [0, 0.1) is 0 Å². The number of hydrogen-bond donors (Lipinski definition) is 2. The second-order valence-corrected chi connectivity index (χ2v) is 3.30. The quantitative estimate of drug-likeness (QED) is 0.751. The molecule has 1 aromatic carbocycles. The third-order valence-electron chi connectivity index (χ3n) is 2.13. The van der Waals surface area contributed by atoms with Gasteiger partial charge in [0.2, 0.25) is 0 Å². The van der Waals surface area contributed by atoms with E-state index in [1.807, 2.05) is 30.3 Å². The molecule has 1 rings (SSSR count). The second-order valence-electron chi connectivity index (χ2n) is 3.30. The van der Waals surface area contributed by atoms with E-state index in [1.165, 1.54) is 0 Å². The van der Waals surface area contributed by atoms with Gasteiger partial charge in [0, 0.05) is 12.5 Å². The summed E-state index contributed by atoms with van der Waals surface area (Å²) in [5, 5.41) is 8.46. The first-order valence-electron chi connectivity index (χ1n) is 4.72. The predicted octanol–water partition coefficient (Wildman–Crippen LogP) is 1.94. The molecule has 0 aliphatic heterocycles. The lowest BCUT2D eigenvalue weighted by molar-refractivity contribution is -0.137. The molecule has 0 spiro atoms. The zero-order valence-electron chi connectivity index (χ0n) is 8.02. The Morgan fingerprint density at radius 3 is 2.57 bits per heavy atom. The van der Waals surface area contributed by atoms with Crippen LogP contribution in [0.4, 0.5) is 0 Å². The highest BCUT2D eigenvalue weighted by Gasteiger charge is 2.05. The smallest absolute Gasteiger partial charge is 0.303 e. The first-order valence-corrected chi connectivity index (χ1v) is 4.72. The van der Waals surface area contributed by atoms with Crippen molar-refractivity contribution in [2.75, 3.05) is 0 Å². The summed E-state index contributed by atoms with van der Waals surface area (Å²) in [4.78, 5) is 10.3. The molecule has 3 nitrogen and oxygen atoms in total. The molecule has 1 atom stereocenters. The molecule has 14 heavy (non-hydrogen) atoms. The molecule has 0 saturated carbocycles. The van der Waals surface area contributed by atoms with Crippen LogP contribution in [-0.4, -0.2) is 11.1 Å². The van der Waals surface area contributed by atoms with Crippen molar-refractivity contribution < 1.29 is 9.90 Å². The summed E-state index contributed by atoms with van der Waals surface area (Å²) < 4.78 is 0. The number of aliphatic carboxylic acids is 1. The minimum atomic E-state index is -0.759. The van der Waals surface area contributed by atoms with Crippen molar-refractivity contribution in [1.82, 2.24) is 0 Å². The second kappa shape index (κ2) is 5.40. The summed E-state index contributed by atoms with van der Waals surface area (Å²) in [6.07, 6.45) is 1.54. The van der Waals surface area contributed by atoms with Crippen molar-refractivity contribution in [2.24, 2.45) is 5.73 Å². The molecule has 0 unspecified atom stereocenters. The summed E-state index contributed by atoms with van der Waals surface area (Å²) in [6, 6.07) is 9.69. The molecule has 0 radical (unpaired) electrons. The van der Waals surface area contributed by atoms with Crippen LogP contribution >= 0.6 is 0 Å². The molecule has 0 aliphatic rings. The van der Waals surface area contributed by atoms with E-state index in [0.29, 0.717) is 6.42 Å². The fraction of sp³-hybridized carbons (Fsp3) is 0.364. The molecular formula is C11H15NO2. The Hall–Kier alpha value is -1.35. The number of benzene rings is 1. The number of carboxylic acid groups (broad SMARTS) is 1. The van der Waals surface area contributed by atoms with Crippen LogP contribution in [0.25, 0.3) is 0 Å². The molecule has 3 N–H and O–H groups in total. The minimum absolute atomic E-state index is 0.0458. The fourth-order valence-corrected chi connectivity index (χ4v) is 1.34. The zero-order valence-corrected chi connectivity index (χ0v) is 8.02. The van der Waals surface area contributed by atoms with Gasteiger partial charge in [-0.1, -0.05) is 30.3 Å². The van der Waals surface area contributed by atoms with E-state index in [4.69, 9.17) is 10.8 Å². The Labute approximate surface area is 83.6 Å². The first-order chi connectivity index (χ1) is 6.70. The summed E-state index contributed by atoms with van der Waals surface area (Å²) in [5.41, 5.74) is 6.96. The lowest BCUT2D eigenvalue weighted by atomic mass is 10.0. The first kappa shape index (κ1) is 10.7. The summed E-state index contributed by atoms with van der Waals surface area (Å²) in [7, 11) is 0.